The lowest BCUT2D eigenvalue weighted by Crippen LogP contribution is -2.20. The van der Waals surface area contributed by atoms with Crippen LogP contribution in [0.4, 0.5) is 5.69 Å². The molecule has 108 valence electrons. The second-order valence-corrected chi connectivity index (χ2v) is 4.22. The van der Waals surface area contributed by atoms with Gasteiger partial charge in [0.2, 0.25) is 0 Å². The van der Waals surface area contributed by atoms with E-state index in [0.29, 0.717) is 17.0 Å². The standard InChI is InChI=1S/C15H15N3O3/c16-14(18-20)10-21-13-8-6-12(7-9-13)17-15(19)11-4-2-1-3-5-11/h1-9,20H,10H2,(H2,16,18)(H,17,19). The van der Waals surface area contributed by atoms with Crippen LogP contribution in [0, 0.1) is 0 Å². The summed E-state index contributed by atoms with van der Waals surface area (Å²) < 4.78 is 5.27. The van der Waals surface area contributed by atoms with Gasteiger partial charge in [0, 0.05) is 11.3 Å². The molecule has 0 radical (unpaired) electrons. The molecule has 0 saturated heterocycles. The van der Waals surface area contributed by atoms with E-state index < -0.39 is 0 Å². The van der Waals surface area contributed by atoms with E-state index in [-0.39, 0.29) is 18.3 Å². The van der Waals surface area contributed by atoms with E-state index in [1.807, 2.05) is 6.07 Å². The number of carbonyl (C=O) groups excluding carboxylic acids is 1. The first-order valence-electron chi connectivity index (χ1n) is 6.24. The summed E-state index contributed by atoms with van der Waals surface area (Å²) in [5.41, 5.74) is 6.54. The molecule has 6 nitrogen and oxygen atoms in total. The van der Waals surface area contributed by atoms with Crippen LogP contribution in [0.2, 0.25) is 0 Å². The van der Waals surface area contributed by atoms with E-state index in [2.05, 4.69) is 10.5 Å². The smallest absolute Gasteiger partial charge is 0.255 e. The predicted octanol–water partition coefficient (Wildman–Crippen LogP) is 2.06. The fourth-order valence-electron chi connectivity index (χ4n) is 1.61. The van der Waals surface area contributed by atoms with Gasteiger partial charge < -0.3 is 21.0 Å². The van der Waals surface area contributed by atoms with Gasteiger partial charge in [0.15, 0.2) is 5.84 Å². The molecule has 0 aliphatic carbocycles. The quantitative estimate of drug-likeness (QED) is 0.339. The van der Waals surface area contributed by atoms with Crippen molar-refractivity contribution in [3.8, 4) is 5.75 Å². The molecular formula is C15H15N3O3. The number of ether oxygens (including phenoxy) is 1. The van der Waals surface area contributed by atoms with Crippen molar-refractivity contribution in [2.24, 2.45) is 10.9 Å². The monoisotopic (exact) mass is 285 g/mol. The van der Waals surface area contributed by atoms with Crippen molar-refractivity contribution in [1.82, 2.24) is 0 Å². The number of carbonyl (C=O) groups is 1. The predicted molar refractivity (Wildman–Crippen MR) is 79.7 cm³/mol. The summed E-state index contributed by atoms with van der Waals surface area (Å²) >= 11 is 0. The molecule has 0 spiro atoms. The number of anilines is 1. The third-order valence-corrected chi connectivity index (χ3v) is 2.66. The SMILES string of the molecule is N/C(COc1ccc(NC(=O)c2ccccc2)cc1)=N\O. The zero-order chi connectivity index (χ0) is 15.1. The molecular weight excluding hydrogens is 270 g/mol. The number of hydrogen-bond acceptors (Lipinski definition) is 4. The number of rotatable bonds is 5. The number of nitrogens with two attached hydrogens (primary N) is 1. The number of hydrogen-bond donors (Lipinski definition) is 3. The molecule has 0 aliphatic heterocycles. The average Bonchev–Trinajstić information content (AvgIpc) is 2.54. The highest BCUT2D eigenvalue weighted by molar-refractivity contribution is 6.04. The molecule has 0 atom stereocenters. The molecule has 1 amide bonds. The highest BCUT2D eigenvalue weighted by atomic mass is 16.5. The molecule has 0 bridgehead atoms. The summed E-state index contributed by atoms with van der Waals surface area (Å²) in [5.74, 6) is 0.358. The van der Waals surface area contributed by atoms with E-state index in [1.54, 1.807) is 48.5 Å². The highest BCUT2D eigenvalue weighted by Gasteiger charge is 2.05. The van der Waals surface area contributed by atoms with Gasteiger partial charge in [0.05, 0.1) is 0 Å². The molecule has 4 N–H and O–H groups in total. The summed E-state index contributed by atoms with van der Waals surface area (Å²) in [6.07, 6.45) is 0. The minimum Gasteiger partial charge on any atom is -0.486 e. The van der Waals surface area contributed by atoms with Crippen LogP contribution < -0.4 is 15.8 Å². The molecule has 0 aliphatic rings. The van der Waals surface area contributed by atoms with E-state index >= 15 is 0 Å². The fourth-order valence-corrected chi connectivity index (χ4v) is 1.61. The third kappa shape index (κ3) is 4.24. The Morgan fingerprint density at radius 1 is 1.14 bits per heavy atom. The molecule has 0 aromatic heterocycles. The fraction of sp³-hybridized carbons (Fsp3) is 0.0667. The van der Waals surface area contributed by atoms with Crippen molar-refractivity contribution >= 4 is 17.4 Å². The maximum atomic E-state index is 12.0. The zero-order valence-corrected chi connectivity index (χ0v) is 11.2. The number of oxime groups is 1. The summed E-state index contributed by atoms with van der Waals surface area (Å²) in [4.78, 5) is 12.0. The van der Waals surface area contributed by atoms with Gasteiger partial charge in [-0.25, -0.2) is 0 Å². The van der Waals surface area contributed by atoms with Crippen LogP contribution in [0.15, 0.2) is 59.8 Å². The first-order chi connectivity index (χ1) is 10.2. The summed E-state index contributed by atoms with van der Waals surface area (Å²) in [5, 5.41) is 14.0. The van der Waals surface area contributed by atoms with Gasteiger partial charge in [0.25, 0.3) is 5.91 Å². The Bertz CT molecular complexity index is 624. The lowest BCUT2D eigenvalue weighted by atomic mass is 10.2. The van der Waals surface area contributed by atoms with Crippen LogP contribution in [-0.4, -0.2) is 23.6 Å². The van der Waals surface area contributed by atoms with Gasteiger partial charge in [-0.1, -0.05) is 23.4 Å². The Kier molecular flexibility index (Phi) is 4.76. The Morgan fingerprint density at radius 3 is 2.43 bits per heavy atom. The second kappa shape index (κ2) is 6.95. The summed E-state index contributed by atoms with van der Waals surface area (Å²) in [6, 6.07) is 15.7. The second-order valence-electron chi connectivity index (χ2n) is 4.22. The molecule has 2 rings (SSSR count). The number of nitrogens with zero attached hydrogens (tertiary/aromatic N) is 1. The van der Waals surface area contributed by atoms with Gasteiger partial charge in [0.1, 0.15) is 12.4 Å². The van der Waals surface area contributed by atoms with Crippen LogP contribution >= 0.6 is 0 Å². The zero-order valence-electron chi connectivity index (χ0n) is 11.2. The van der Waals surface area contributed by atoms with Gasteiger partial charge in [-0.3, -0.25) is 4.79 Å². The highest BCUT2D eigenvalue weighted by Crippen LogP contribution is 2.16. The Labute approximate surface area is 121 Å². The van der Waals surface area contributed by atoms with Gasteiger partial charge >= 0.3 is 0 Å². The normalized spacial score (nSPS) is 11.0. The first kappa shape index (κ1) is 14.4. The van der Waals surface area contributed by atoms with E-state index in [1.165, 1.54) is 0 Å². The lowest BCUT2D eigenvalue weighted by molar-refractivity contribution is 0.102. The molecule has 6 heteroatoms. The number of amides is 1. The molecule has 21 heavy (non-hydrogen) atoms. The van der Waals surface area contributed by atoms with E-state index in [0.717, 1.165) is 0 Å². The van der Waals surface area contributed by atoms with Crippen molar-refractivity contribution in [2.75, 3.05) is 11.9 Å². The Balaban J connectivity index is 1.95. The van der Waals surface area contributed by atoms with Crippen LogP contribution in [0.1, 0.15) is 10.4 Å². The van der Waals surface area contributed by atoms with Crippen molar-refractivity contribution in [1.29, 1.82) is 0 Å². The molecule has 0 fully saturated rings. The lowest BCUT2D eigenvalue weighted by Gasteiger charge is -2.07. The molecule has 0 saturated carbocycles. The van der Waals surface area contributed by atoms with Crippen LogP contribution in [0.3, 0.4) is 0 Å². The average molecular weight is 285 g/mol. The maximum absolute atomic E-state index is 12.0. The maximum Gasteiger partial charge on any atom is 0.255 e. The number of nitrogens with one attached hydrogen (secondary N) is 1. The molecule has 0 heterocycles. The molecule has 2 aromatic carbocycles. The van der Waals surface area contributed by atoms with Gasteiger partial charge in [-0.15, -0.1) is 0 Å². The van der Waals surface area contributed by atoms with Crippen LogP contribution in [-0.2, 0) is 0 Å². The van der Waals surface area contributed by atoms with E-state index in [4.69, 9.17) is 15.7 Å². The third-order valence-electron chi connectivity index (χ3n) is 2.66. The summed E-state index contributed by atoms with van der Waals surface area (Å²) in [6.45, 7) is -0.00772. The van der Waals surface area contributed by atoms with Crippen LogP contribution in [0.25, 0.3) is 0 Å². The number of benzene rings is 2. The van der Waals surface area contributed by atoms with Crippen LogP contribution in [0.5, 0.6) is 5.75 Å². The van der Waals surface area contributed by atoms with E-state index in [9.17, 15) is 4.79 Å². The molecule has 2 aromatic rings. The Morgan fingerprint density at radius 2 is 1.81 bits per heavy atom. The van der Waals surface area contributed by atoms with Gasteiger partial charge in [-0.2, -0.15) is 0 Å². The largest absolute Gasteiger partial charge is 0.486 e. The minimum absolute atomic E-state index is 0.00772. The number of amidine groups is 1. The Hall–Kier alpha value is -3.02. The van der Waals surface area contributed by atoms with Crippen molar-refractivity contribution in [2.45, 2.75) is 0 Å². The van der Waals surface area contributed by atoms with Crippen molar-refractivity contribution in [3.05, 3.63) is 60.2 Å². The van der Waals surface area contributed by atoms with Crippen molar-refractivity contribution < 1.29 is 14.7 Å². The molecule has 0 unspecified atom stereocenters. The minimum atomic E-state index is -0.180. The first-order valence-corrected chi connectivity index (χ1v) is 6.24. The summed E-state index contributed by atoms with van der Waals surface area (Å²) in [7, 11) is 0. The van der Waals surface area contributed by atoms with Crippen molar-refractivity contribution in [3.63, 3.8) is 0 Å². The van der Waals surface area contributed by atoms with Gasteiger partial charge in [-0.05, 0) is 36.4 Å². The topological polar surface area (TPSA) is 96.9 Å².